The number of hydrogen-bond donors (Lipinski definition) is 2. The minimum atomic E-state index is -0.645. The third kappa shape index (κ3) is 3.31. The van der Waals surface area contributed by atoms with E-state index in [-0.39, 0.29) is 23.2 Å². The maximum atomic E-state index is 14.3. The number of carbonyl (C=O) groups excluding carboxylic acids is 1. The van der Waals surface area contributed by atoms with Crippen molar-refractivity contribution in [2.45, 2.75) is 25.7 Å². The summed E-state index contributed by atoms with van der Waals surface area (Å²) in [6.07, 6.45) is 1.64. The van der Waals surface area contributed by atoms with Crippen LogP contribution >= 0.6 is 0 Å². The molecule has 2 aromatic carbocycles. The molecule has 1 fully saturated rings. The van der Waals surface area contributed by atoms with E-state index in [0.29, 0.717) is 23.5 Å². The van der Waals surface area contributed by atoms with Gasteiger partial charge in [-0.3, -0.25) is 4.79 Å². The number of nitrogens with one attached hydrogen (secondary N) is 2. The highest BCUT2D eigenvalue weighted by Gasteiger charge is 2.34. The van der Waals surface area contributed by atoms with Gasteiger partial charge in [0.1, 0.15) is 17.5 Å². The zero-order chi connectivity index (χ0) is 19.1. The molecule has 0 spiro atoms. The lowest BCUT2D eigenvalue weighted by atomic mass is 9.70. The Labute approximate surface area is 154 Å². The van der Waals surface area contributed by atoms with Gasteiger partial charge in [0.15, 0.2) is 0 Å². The lowest BCUT2D eigenvalue weighted by molar-refractivity contribution is -0.119. The Bertz CT molecular complexity index is 1000. The molecule has 0 bridgehead atoms. The van der Waals surface area contributed by atoms with Gasteiger partial charge in [-0.1, -0.05) is 0 Å². The second-order valence-corrected chi connectivity index (χ2v) is 7.20. The molecule has 0 atom stereocenters. The molecule has 140 valence electrons. The molecule has 6 heteroatoms. The lowest BCUT2D eigenvalue weighted by Gasteiger charge is -2.36. The van der Waals surface area contributed by atoms with E-state index in [1.165, 1.54) is 25.1 Å². The fourth-order valence-electron chi connectivity index (χ4n) is 3.93. The molecule has 1 heterocycles. The predicted molar refractivity (Wildman–Crippen MR) is 97.8 cm³/mol. The number of rotatable bonds is 4. The van der Waals surface area contributed by atoms with Crippen LogP contribution in [0.4, 0.5) is 13.2 Å². The summed E-state index contributed by atoms with van der Waals surface area (Å²) < 4.78 is 41.5. The smallest absolute Gasteiger partial charge is 0.216 e. The number of aromatic amines is 1. The zero-order valence-electron chi connectivity index (χ0n) is 14.8. The van der Waals surface area contributed by atoms with Crippen molar-refractivity contribution in [3.05, 3.63) is 59.4 Å². The fraction of sp³-hybridized carbons (Fsp3) is 0.286. The summed E-state index contributed by atoms with van der Waals surface area (Å²) in [5, 5.41) is 3.34. The first kappa shape index (κ1) is 17.6. The van der Waals surface area contributed by atoms with Crippen molar-refractivity contribution in [2.24, 2.45) is 5.92 Å². The maximum Gasteiger partial charge on any atom is 0.216 e. The third-order valence-electron chi connectivity index (χ3n) is 5.28. The molecular weight excluding hydrogens is 353 g/mol. The van der Waals surface area contributed by atoms with Crippen LogP contribution in [0.5, 0.6) is 0 Å². The largest absolute Gasteiger partial charge is 0.356 e. The molecular formula is C21H19F3N2O. The first-order valence-corrected chi connectivity index (χ1v) is 8.93. The fourth-order valence-corrected chi connectivity index (χ4v) is 3.93. The van der Waals surface area contributed by atoms with E-state index in [0.717, 1.165) is 30.0 Å². The van der Waals surface area contributed by atoms with Crippen molar-refractivity contribution < 1.29 is 18.0 Å². The topological polar surface area (TPSA) is 44.9 Å². The van der Waals surface area contributed by atoms with E-state index in [1.54, 1.807) is 12.1 Å². The Balaban J connectivity index is 1.74. The van der Waals surface area contributed by atoms with Crippen molar-refractivity contribution in [1.82, 2.24) is 10.3 Å². The molecule has 3 aromatic rings. The standard InChI is InChI=1S/C21H19F3N2O/c1-11(27)25-10-12-6-14(7-12)19-17-8-16(23)9-18(24)21(17)26-20(19)13-2-4-15(22)5-3-13/h2-5,8-9,12,14,26H,6-7,10H2,1H3,(H,25,27). The summed E-state index contributed by atoms with van der Waals surface area (Å²) in [7, 11) is 0. The minimum Gasteiger partial charge on any atom is -0.356 e. The van der Waals surface area contributed by atoms with Crippen LogP contribution in [0.3, 0.4) is 0 Å². The molecule has 1 amide bonds. The van der Waals surface area contributed by atoms with Gasteiger partial charge < -0.3 is 10.3 Å². The number of aromatic nitrogens is 1. The number of carbonyl (C=O) groups is 1. The molecule has 3 nitrogen and oxygen atoms in total. The van der Waals surface area contributed by atoms with E-state index < -0.39 is 11.6 Å². The summed E-state index contributed by atoms with van der Waals surface area (Å²) >= 11 is 0. The number of amides is 1. The average molecular weight is 372 g/mol. The molecule has 0 radical (unpaired) electrons. The van der Waals surface area contributed by atoms with Gasteiger partial charge in [0, 0.05) is 24.9 Å². The monoisotopic (exact) mass is 372 g/mol. The van der Waals surface area contributed by atoms with Crippen molar-refractivity contribution in [2.75, 3.05) is 6.54 Å². The van der Waals surface area contributed by atoms with Crippen LogP contribution in [0, 0.1) is 23.4 Å². The van der Waals surface area contributed by atoms with Gasteiger partial charge in [-0.25, -0.2) is 13.2 Å². The van der Waals surface area contributed by atoms with Gasteiger partial charge in [-0.05, 0) is 66.1 Å². The SMILES string of the molecule is CC(=O)NCC1CC(c2c(-c3ccc(F)cc3)[nH]c3c(F)cc(F)cc23)C1. The number of halogens is 3. The number of fused-ring (bicyclic) bond motifs is 1. The van der Waals surface area contributed by atoms with Crippen LogP contribution in [-0.4, -0.2) is 17.4 Å². The van der Waals surface area contributed by atoms with Crippen molar-refractivity contribution >= 4 is 16.8 Å². The molecule has 1 aliphatic rings. The van der Waals surface area contributed by atoms with Crippen LogP contribution in [0.25, 0.3) is 22.2 Å². The molecule has 4 rings (SSSR count). The predicted octanol–water partition coefficient (Wildman–Crippen LogP) is 4.88. The Morgan fingerprint density at radius 3 is 2.48 bits per heavy atom. The van der Waals surface area contributed by atoms with Crippen LogP contribution in [0.2, 0.25) is 0 Å². The van der Waals surface area contributed by atoms with Crippen molar-refractivity contribution in [3.8, 4) is 11.3 Å². The van der Waals surface area contributed by atoms with Crippen LogP contribution < -0.4 is 5.32 Å². The Kier molecular flexibility index (Phi) is 4.42. The molecule has 1 aromatic heterocycles. The van der Waals surface area contributed by atoms with Crippen LogP contribution in [0.15, 0.2) is 36.4 Å². The summed E-state index contributed by atoms with van der Waals surface area (Å²) in [6.45, 7) is 2.08. The highest BCUT2D eigenvalue weighted by atomic mass is 19.1. The quantitative estimate of drug-likeness (QED) is 0.673. The summed E-state index contributed by atoms with van der Waals surface area (Å²) in [5.41, 5.74) is 2.54. The second-order valence-electron chi connectivity index (χ2n) is 7.20. The molecule has 0 aliphatic heterocycles. The Morgan fingerprint density at radius 1 is 1.11 bits per heavy atom. The Hall–Kier alpha value is -2.76. The van der Waals surface area contributed by atoms with Gasteiger partial charge in [-0.15, -0.1) is 0 Å². The first-order valence-electron chi connectivity index (χ1n) is 8.93. The van der Waals surface area contributed by atoms with E-state index in [4.69, 9.17) is 0 Å². The van der Waals surface area contributed by atoms with Gasteiger partial charge in [0.2, 0.25) is 5.91 Å². The maximum absolute atomic E-state index is 14.3. The molecule has 0 saturated heterocycles. The number of benzene rings is 2. The second kappa shape index (κ2) is 6.76. The average Bonchev–Trinajstić information content (AvgIpc) is 2.93. The zero-order valence-corrected chi connectivity index (χ0v) is 14.8. The molecule has 2 N–H and O–H groups in total. The minimum absolute atomic E-state index is 0.0679. The first-order chi connectivity index (χ1) is 12.9. The van der Waals surface area contributed by atoms with E-state index in [2.05, 4.69) is 10.3 Å². The van der Waals surface area contributed by atoms with Crippen molar-refractivity contribution in [3.63, 3.8) is 0 Å². The molecule has 0 unspecified atom stereocenters. The van der Waals surface area contributed by atoms with Gasteiger partial charge in [0.25, 0.3) is 0 Å². The van der Waals surface area contributed by atoms with Crippen LogP contribution in [-0.2, 0) is 4.79 Å². The number of hydrogen-bond acceptors (Lipinski definition) is 1. The highest BCUT2D eigenvalue weighted by Crippen LogP contribution is 2.48. The summed E-state index contributed by atoms with van der Waals surface area (Å²) in [5.74, 6) is -1.23. The molecule has 1 saturated carbocycles. The summed E-state index contributed by atoms with van der Waals surface area (Å²) in [4.78, 5) is 14.2. The van der Waals surface area contributed by atoms with Gasteiger partial charge >= 0.3 is 0 Å². The highest BCUT2D eigenvalue weighted by molar-refractivity contribution is 5.92. The van der Waals surface area contributed by atoms with E-state index >= 15 is 0 Å². The lowest BCUT2D eigenvalue weighted by Crippen LogP contribution is -2.34. The molecule has 1 aliphatic carbocycles. The summed E-state index contributed by atoms with van der Waals surface area (Å²) in [6, 6.07) is 8.16. The normalized spacial score (nSPS) is 19.1. The number of H-pyrrole nitrogens is 1. The molecule has 27 heavy (non-hydrogen) atoms. The van der Waals surface area contributed by atoms with Gasteiger partial charge in [0.05, 0.1) is 11.2 Å². The Morgan fingerprint density at radius 2 is 1.81 bits per heavy atom. The van der Waals surface area contributed by atoms with Crippen LogP contribution in [0.1, 0.15) is 31.2 Å². The van der Waals surface area contributed by atoms with E-state index in [1.807, 2.05) is 0 Å². The van der Waals surface area contributed by atoms with Gasteiger partial charge in [-0.2, -0.15) is 0 Å². The third-order valence-corrected chi connectivity index (χ3v) is 5.28. The van der Waals surface area contributed by atoms with E-state index in [9.17, 15) is 18.0 Å². The van der Waals surface area contributed by atoms with Crippen molar-refractivity contribution in [1.29, 1.82) is 0 Å².